The molecule has 0 aliphatic rings. The van der Waals surface area contributed by atoms with E-state index in [1.807, 2.05) is 48.5 Å². The molecule has 0 aliphatic heterocycles. The van der Waals surface area contributed by atoms with Crippen LogP contribution in [0.3, 0.4) is 0 Å². The van der Waals surface area contributed by atoms with Gasteiger partial charge in [0.15, 0.2) is 5.16 Å². The maximum atomic E-state index is 11.8. The van der Waals surface area contributed by atoms with E-state index in [1.165, 1.54) is 17.8 Å². The molecule has 0 bridgehead atoms. The fraction of sp³-hybridized carbons (Fsp3) is 0.0556. The second-order valence-electron chi connectivity index (χ2n) is 4.95. The molecular formula is C18H14N2O2S. The molecule has 1 N–H and O–H groups in total. The van der Waals surface area contributed by atoms with E-state index in [9.17, 15) is 9.59 Å². The van der Waals surface area contributed by atoms with Crippen LogP contribution < -0.4 is 5.56 Å². The Balaban J connectivity index is 1.82. The first kappa shape index (κ1) is 15.2. The Hall–Kier alpha value is -2.66. The molecule has 0 atom stereocenters. The van der Waals surface area contributed by atoms with Gasteiger partial charge in [0.05, 0.1) is 5.69 Å². The summed E-state index contributed by atoms with van der Waals surface area (Å²) in [5.41, 5.74) is 3.03. The molecule has 1 aromatic heterocycles. The summed E-state index contributed by atoms with van der Waals surface area (Å²) >= 11 is 1.43. The maximum Gasteiger partial charge on any atom is 0.252 e. The highest BCUT2D eigenvalue weighted by molar-refractivity contribution is 7.98. The van der Waals surface area contributed by atoms with E-state index < -0.39 is 0 Å². The minimum atomic E-state index is -0.178. The van der Waals surface area contributed by atoms with Gasteiger partial charge in [-0.05, 0) is 11.6 Å². The van der Waals surface area contributed by atoms with Crippen LogP contribution in [0, 0.1) is 0 Å². The minimum absolute atomic E-state index is 0.178. The molecule has 3 rings (SSSR count). The van der Waals surface area contributed by atoms with Crippen molar-refractivity contribution < 1.29 is 4.79 Å². The van der Waals surface area contributed by atoms with Crippen molar-refractivity contribution in [3.8, 4) is 11.3 Å². The van der Waals surface area contributed by atoms with Crippen LogP contribution in [0.4, 0.5) is 0 Å². The quantitative estimate of drug-likeness (QED) is 0.443. The molecule has 0 unspecified atom stereocenters. The number of aromatic amines is 1. The van der Waals surface area contributed by atoms with Gasteiger partial charge in [-0.3, -0.25) is 9.59 Å². The molecule has 1 heterocycles. The zero-order valence-corrected chi connectivity index (χ0v) is 13.0. The van der Waals surface area contributed by atoms with Gasteiger partial charge in [0.25, 0.3) is 5.56 Å². The third-order valence-corrected chi connectivity index (χ3v) is 4.20. The number of aromatic nitrogens is 2. The first-order valence-electron chi connectivity index (χ1n) is 7.08. The van der Waals surface area contributed by atoms with Crippen LogP contribution in [-0.2, 0) is 5.75 Å². The van der Waals surface area contributed by atoms with Gasteiger partial charge in [0, 0.05) is 22.9 Å². The van der Waals surface area contributed by atoms with E-state index in [1.54, 1.807) is 6.07 Å². The van der Waals surface area contributed by atoms with E-state index in [0.717, 1.165) is 17.4 Å². The zero-order chi connectivity index (χ0) is 16.1. The lowest BCUT2D eigenvalue weighted by molar-refractivity contribution is 0.112. The highest BCUT2D eigenvalue weighted by Gasteiger charge is 2.05. The van der Waals surface area contributed by atoms with Crippen molar-refractivity contribution in [2.75, 3.05) is 0 Å². The van der Waals surface area contributed by atoms with E-state index in [-0.39, 0.29) is 5.56 Å². The van der Waals surface area contributed by atoms with E-state index in [0.29, 0.717) is 22.2 Å². The number of thioether (sulfide) groups is 1. The van der Waals surface area contributed by atoms with Crippen LogP contribution in [-0.4, -0.2) is 16.3 Å². The van der Waals surface area contributed by atoms with Crippen molar-refractivity contribution >= 4 is 18.0 Å². The summed E-state index contributed by atoms with van der Waals surface area (Å²) in [4.78, 5) is 29.9. The summed E-state index contributed by atoms with van der Waals surface area (Å²) in [6.07, 6.45) is 0.824. The molecule has 4 nitrogen and oxygen atoms in total. The third-order valence-electron chi connectivity index (χ3n) is 3.25. The lowest BCUT2D eigenvalue weighted by atomic mass is 10.1. The SMILES string of the molecule is O=Cc1cccc(CSc2nc(-c3ccccc3)cc(=O)[nH]2)c1. The summed E-state index contributed by atoms with van der Waals surface area (Å²) < 4.78 is 0. The number of rotatable bonds is 5. The predicted octanol–water partition coefficient (Wildman–Crippen LogP) is 3.54. The van der Waals surface area contributed by atoms with Gasteiger partial charge in [-0.1, -0.05) is 60.3 Å². The lowest BCUT2D eigenvalue weighted by Gasteiger charge is -2.05. The van der Waals surface area contributed by atoms with Gasteiger partial charge in [-0.25, -0.2) is 4.98 Å². The predicted molar refractivity (Wildman–Crippen MR) is 91.7 cm³/mol. The summed E-state index contributed by atoms with van der Waals surface area (Å²) in [6.45, 7) is 0. The van der Waals surface area contributed by atoms with Gasteiger partial charge in [0.1, 0.15) is 6.29 Å². The van der Waals surface area contributed by atoms with Gasteiger partial charge < -0.3 is 4.98 Å². The molecule has 2 aromatic carbocycles. The Kier molecular flexibility index (Phi) is 4.68. The Bertz CT molecular complexity index is 875. The average Bonchev–Trinajstić information content (AvgIpc) is 2.60. The smallest absolute Gasteiger partial charge is 0.252 e. The van der Waals surface area contributed by atoms with Crippen LogP contribution in [0.5, 0.6) is 0 Å². The van der Waals surface area contributed by atoms with E-state index in [2.05, 4.69) is 9.97 Å². The molecular weight excluding hydrogens is 308 g/mol. The number of benzene rings is 2. The number of hydrogen-bond donors (Lipinski definition) is 1. The van der Waals surface area contributed by atoms with Gasteiger partial charge in [0.2, 0.25) is 0 Å². The number of nitrogens with one attached hydrogen (secondary N) is 1. The van der Waals surface area contributed by atoms with Crippen LogP contribution in [0.15, 0.2) is 70.6 Å². The topological polar surface area (TPSA) is 62.8 Å². The molecule has 0 aliphatic carbocycles. The maximum absolute atomic E-state index is 11.8. The van der Waals surface area contributed by atoms with Crippen molar-refractivity contribution in [2.45, 2.75) is 10.9 Å². The van der Waals surface area contributed by atoms with Crippen LogP contribution in [0.25, 0.3) is 11.3 Å². The van der Waals surface area contributed by atoms with Crippen molar-refractivity contribution in [1.29, 1.82) is 0 Å². The second kappa shape index (κ2) is 7.07. The molecule has 0 saturated carbocycles. The molecule has 114 valence electrons. The highest BCUT2D eigenvalue weighted by Crippen LogP contribution is 2.21. The summed E-state index contributed by atoms with van der Waals surface area (Å²) in [5.74, 6) is 0.628. The van der Waals surface area contributed by atoms with Crippen molar-refractivity contribution in [3.05, 3.63) is 82.1 Å². The minimum Gasteiger partial charge on any atom is -0.301 e. The first-order chi connectivity index (χ1) is 11.2. The Morgan fingerprint density at radius 1 is 1.04 bits per heavy atom. The van der Waals surface area contributed by atoms with Gasteiger partial charge in [-0.2, -0.15) is 0 Å². The van der Waals surface area contributed by atoms with Gasteiger partial charge in [-0.15, -0.1) is 0 Å². The molecule has 5 heteroatoms. The standard InChI is InChI=1S/C18H14N2O2S/c21-11-13-5-4-6-14(9-13)12-23-18-19-16(10-17(22)20-18)15-7-2-1-3-8-15/h1-11H,12H2,(H,19,20,22). The molecule has 0 saturated heterocycles. The number of hydrogen-bond acceptors (Lipinski definition) is 4. The number of H-pyrrole nitrogens is 1. The highest BCUT2D eigenvalue weighted by atomic mass is 32.2. The van der Waals surface area contributed by atoms with Crippen LogP contribution in [0.2, 0.25) is 0 Å². The average molecular weight is 322 g/mol. The van der Waals surface area contributed by atoms with E-state index >= 15 is 0 Å². The lowest BCUT2D eigenvalue weighted by Crippen LogP contribution is -2.08. The van der Waals surface area contributed by atoms with Crippen molar-refractivity contribution in [2.24, 2.45) is 0 Å². The molecule has 23 heavy (non-hydrogen) atoms. The fourth-order valence-corrected chi connectivity index (χ4v) is 2.99. The number of aldehydes is 1. The van der Waals surface area contributed by atoms with Crippen LogP contribution in [0.1, 0.15) is 15.9 Å². The number of carbonyl (C=O) groups excluding carboxylic acids is 1. The number of nitrogens with zero attached hydrogens (tertiary/aromatic N) is 1. The van der Waals surface area contributed by atoms with E-state index in [4.69, 9.17) is 0 Å². The molecule has 3 aromatic rings. The zero-order valence-electron chi connectivity index (χ0n) is 12.2. The molecule has 0 spiro atoms. The Morgan fingerprint density at radius 2 is 1.87 bits per heavy atom. The summed E-state index contributed by atoms with van der Waals surface area (Å²) in [5, 5.41) is 0.563. The second-order valence-corrected chi connectivity index (χ2v) is 5.92. The monoisotopic (exact) mass is 322 g/mol. The first-order valence-corrected chi connectivity index (χ1v) is 8.07. The number of carbonyl (C=O) groups is 1. The van der Waals surface area contributed by atoms with Crippen molar-refractivity contribution in [1.82, 2.24) is 9.97 Å². The molecule has 0 radical (unpaired) electrons. The normalized spacial score (nSPS) is 10.4. The van der Waals surface area contributed by atoms with Gasteiger partial charge >= 0.3 is 0 Å². The largest absolute Gasteiger partial charge is 0.301 e. The fourth-order valence-electron chi connectivity index (χ4n) is 2.17. The summed E-state index contributed by atoms with van der Waals surface area (Å²) in [6, 6.07) is 18.5. The summed E-state index contributed by atoms with van der Waals surface area (Å²) in [7, 11) is 0. The van der Waals surface area contributed by atoms with Crippen LogP contribution >= 0.6 is 11.8 Å². The molecule has 0 amide bonds. The molecule has 0 fully saturated rings. The Labute approximate surface area is 137 Å². The van der Waals surface area contributed by atoms with Crippen molar-refractivity contribution in [3.63, 3.8) is 0 Å². The third kappa shape index (κ3) is 3.96. The Morgan fingerprint density at radius 3 is 2.65 bits per heavy atom.